The molecule has 0 aliphatic carbocycles. The third-order valence-corrected chi connectivity index (χ3v) is 4.96. The van der Waals surface area contributed by atoms with E-state index in [0.29, 0.717) is 11.3 Å². The molecule has 0 saturated heterocycles. The first-order valence-corrected chi connectivity index (χ1v) is 9.26. The molecule has 1 heterocycles. The fourth-order valence-electron chi connectivity index (χ4n) is 3.49. The second kappa shape index (κ2) is 8.14. The number of nitrogens with zero attached hydrogens (tertiary/aromatic N) is 1. The van der Waals surface area contributed by atoms with Crippen LogP contribution in [0.25, 0.3) is 10.9 Å². The van der Waals surface area contributed by atoms with Crippen molar-refractivity contribution in [1.82, 2.24) is 4.98 Å². The van der Waals surface area contributed by atoms with E-state index in [1.165, 1.54) is 6.07 Å². The van der Waals surface area contributed by atoms with Crippen molar-refractivity contribution in [3.05, 3.63) is 112 Å². The van der Waals surface area contributed by atoms with Crippen molar-refractivity contribution in [2.24, 2.45) is 0 Å². The topological polar surface area (TPSA) is 68.2 Å². The van der Waals surface area contributed by atoms with Gasteiger partial charge in [0.2, 0.25) is 6.54 Å². The summed E-state index contributed by atoms with van der Waals surface area (Å²) in [7, 11) is 0. The number of nitrogens with one attached hydrogen (secondary N) is 1. The molecule has 0 aliphatic heterocycles. The lowest BCUT2D eigenvalue weighted by Crippen LogP contribution is -2.13. The van der Waals surface area contributed by atoms with E-state index >= 15 is 0 Å². The molecule has 0 spiro atoms. The summed E-state index contributed by atoms with van der Waals surface area (Å²) in [6.07, 6.45) is 1.83. The van der Waals surface area contributed by atoms with E-state index in [1.807, 2.05) is 42.6 Å². The molecule has 1 aromatic heterocycles. The number of aromatic amines is 1. The third-order valence-electron chi connectivity index (χ3n) is 4.96. The standard InChI is InChI=1S/C23H19FN2O3/c24-22-7-3-1-5-17(22)15-29-18-11-9-16(10-12-18)21(14-26(27)28)20-13-25-23-8-4-2-6-19(20)23/h1-13,21,25H,14-15H2/t21-/m1/s1. The highest BCUT2D eigenvalue weighted by Gasteiger charge is 2.23. The Morgan fingerprint density at radius 3 is 2.48 bits per heavy atom. The zero-order valence-corrected chi connectivity index (χ0v) is 15.5. The van der Waals surface area contributed by atoms with Crippen molar-refractivity contribution in [3.8, 4) is 5.75 Å². The Kier molecular flexibility index (Phi) is 5.24. The van der Waals surface area contributed by atoms with Gasteiger partial charge in [-0.2, -0.15) is 0 Å². The summed E-state index contributed by atoms with van der Waals surface area (Å²) in [6, 6.07) is 21.4. The van der Waals surface area contributed by atoms with Crippen LogP contribution in [-0.4, -0.2) is 16.5 Å². The van der Waals surface area contributed by atoms with E-state index in [4.69, 9.17) is 4.74 Å². The minimum absolute atomic E-state index is 0.118. The lowest BCUT2D eigenvalue weighted by molar-refractivity contribution is -0.481. The van der Waals surface area contributed by atoms with Crippen LogP contribution in [-0.2, 0) is 6.61 Å². The SMILES string of the molecule is O=[N+]([O-])C[C@H](c1ccc(OCc2ccccc2F)cc1)c1c[nH]c2ccccc12. The number of H-pyrrole nitrogens is 1. The summed E-state index contributed by atoms with van der Waals surface area (Å²) in [4.78, 5) is 14.2. The Morgan fingerprint density at radius 1 is 1.00 bits per heavy atom. The molecule has 0 radical (unpaired) electrons. The average Bonchev–Trinajstić information content (AvgIpc) is 3.16. The Balaban J connectivity index is 1.57. The molecule has 3 aromatic carbocycles. The van der Waals surface area contributed by atoms with Crippen molar-refractivity contribution in [2.45, 2.75) is 12.5 Å². The van der Waals surface area contributed by atoms with E-state index < -0.39 is 0 Å². The number of aromatic nitrogens is 1. The second-order valence-corrected chi connectivity index (χ2v) is 6.81. The quantitative estimate of drug-likeness (QED) is 0.344. The number of benzene rings is 3. The summed E-state index contributed by atoms with van der Waals surface area (Å²) in [5.41, 5.74) is 3.13. The molecule has 146 valence electrons. The van der Waals surface area contributed by atoms with Gasteiger partial charge in [-0.1, -0.05) is 48.5 Å². The predicted molar refractivity (Wildman–Crippen MR) is 109 cm³/mol. The highest BCUT2D eigenvalue weighted by Crippen LogP contribution is 2.32. The number of ether oxygens (including phenoxy) is 1. The van der Waals surface area contributed by atoms with Gasteiger partial charge >= 0.3 is 0 Å². The molecule has 0 saturated carbocycles. The van der Waals surface area contributed by atoms with Crippen LogP contribution in [0.4, 0.5) is 4.39 Å². The minimum atomic E-state index is -0.387. The first kappa shape index (κ1) is 18.7. The van der Waals surface area contributed by atoms with Gasteiger partial charge in [-0.25, -0.2) is 4.39 Å². The molecular weight excluding hydrogens is 371 g/mol. The smallest absolute Gasteiger partial charge is 0.214 e. The molecule has 0 bridgehead atoms. The van der Waals surface area contributed by atoms with Crippen LogP contribution < -0.4 is 4.74 Å². The molecule has 0 unspecified atom stereocenters. The summed E-state index contributed by atoms with van der Waals surface area (Å²) in [5.74, 6) is -0.118. The number of fused-ring (bicyclic) bond motifs is 1. The van der Waals surface area contributed by atoms with Crippen LogP contribution in [0.3, 0.4) is 0 Å². The molecule has 6 heteroatoms. The first-order valence-electron chi connectivity index (χ1n) is 9.26. The van der Waals surface area contributed by atoms with Gasteiger partial charge in [0.25, 0.3) is 0 Å². The van der Waals surface area contributed by atoms with Crippen molar-refractivity contribution in [1.29, 1.82) is 0 Å². The van der Waals surface area contributed by atoms with E-state index in [0.717, 1.165) is 22.0 Å². The average molecular weight is 390 g/mol. The lowest BCUT2D eigenvalue weighted by atomic mass is 9.91. The summed E-state index contributed by atoms with van der Waals surface area (Å²) >= 11 is 0. The zero-order chi connectivity index (χ0) is 20.2. The molecule has 5 nitrogen and oxygen atoms in total. The molecule has 1 atom stereocenters. The number of para-hydroxylation sites is 1. The van der Waals surface area contributed by atoms with Gasteiger partial charge < -0.3 is 9.72 Å². The fraction of sp³-hybridized carbons (Fsp3) is 0.130. The van der Waals surface area contributed by atoms with Crippen molar-refractivity contribution < 1.29 is 14.1 Å². The summed E-state index contributed by atoms with van der Waals surface area (Å²) in [6.45, 7) is -0.0932. The molecular formula is C23H19FN2O3. The molecule has 29 heavy (non-hydrogen) atoms. The van der Waals surface area contributed by atoms with E-state index in [1.54, 1.807) is 30.3 Å². The molecule has 1 N–H and O–H groups in total. The maximum atomic E-state index is 13.7. The number of halogens is 1. The zero-order valence-electron chi connectivity index (χ0n) is 15.5. The van der Waals surface area contributed by atoms with E-state index in [2.05, 4.69) is 4.98 Å². The van der Waals surface area contributed by atoms with E-state index in [-0.39, 0.29) is 29.8 Å². The van der Waals surface area contributed by atoms with Crippen LogP contribution in [0.5, 0.6) is 5.75 Å². The van der Waals surface area contributed by atoms with Gasteiger partial charge in [0.1, 0.15) is 18.2 Å². The van der Waals surface area contributed by atoms with Gasteiger partial charge in [0.15, 0.2) is 0 Å². The highest BCUT2D eigenvalue weighted by molar-refractivity contribution is 5.84. The lowest BCUT2D eigenvalue weighted by Gasteiger charge is -2.14. The highest BCUT2D eigenvalue weighted by atomic mass is 19.1. The number of nitro groups is 1. The molecule has 0 amide bonds. The largest absolute Gasteiger partial charge is 0.489 e. The van der Waals surface area contributed by atoms with Crippen LogP contribution in [0.15, 0.2) is 79.0 Å². The minimum Gasteiger partial charge on any atom is -0.489 e. The number of hydrogen-bond donors (Lipinski definition) is 1. The predicted octanol–water partition coefficient (Wildman–Crippen LogP) is 5.29. The normalized spacial score (nSPS) is 12.0. The van der Waals surface area contributed by atoms with Crippen LogP contribution in [0, 0.1) is 15.9 Å². The number of rotatable bonds is 7. The Morgan fingerprint density at radius 2 is 1.72 bits per heavy atom. The Labute approximate surface area is 166 Å². The van der Waals surface area contributed by atoms with Crippen molar-refractivity contribution in [2.75, 3.05) is 6.54 Å². The maximum absolute atomic E-state index is 13.7. The number of hydrogen-bond acceptors (Lipinski definition) is 3. The fourth-order valence-corrected chi connectivity index (χ4v) is 3.49. The van der Waals surface area contributed by atoms with Crippen molar-refractivity contribution in [3.63, 3.8) is 0 Å². The Hall–Kier alpha value is -3.67. The third kappa shape index (κ3) is 4.11. The van der Waals surface area contributed by atoms with E-state index in [9.17, 15) is 14.5 Å². The molecule has 4 aromatic rings. The second-order valence-electron chi connectivity index (χ2n) is 6.81. The van der Waals surface area contributed by atoms with Crippen LogP contribution in [0.1, 0.15) is 22.6 Å². The van der Waals surface area contributed by atoms with Gasteiger partial charge in [-0.3, -0.25) is 10.1 Å². The van der Waals surface area contributed by atoms with Crippen LogP contribution >= 0.6 is 0 Å². The summed E-state index contributed by atoms with van der Waals surface area (Å²) < 4.78 is 19.4. The first-order chi connectivity index (χ1) is 14.1. The van der Waals surface area contributed by atoms with Gasteiger partial charge in [-0.15, -0.1) is 0 Å². The van der Waals surface area contributed by atoms with Gasteiger partial charge in [-0.05, 0) is 35.4 Å². The van der Waals surface area contributed by atoms with Crippen LogP contribution in [0.2, 0.25) is 0 Å². The van der Waals surface area contributed by atoms with Crippen molar-refractivity contribution >= 4 is 10.9 Å². The summed E-state index contributed by atoms with van der Waals surface area (Å²) in [5, 5.41) is 12.3. The monoisotopic (exact) mass is 390 g/mol. The molecule has 0 fully saturated rings. The molecule has 4 rings (SSSR count). The maximum Gasteiger partial charge on any atom is 0.214 e. The van der Waals surface area contributed by atoms with Gasteiger partial charge in [0.05, 0.1) is 5.92 Å². The Bertz CT molecular complexity index is 1140. The molecule has 0 aliphatic rings. The van der Waals surface area contributed by atoms with Gasteiger partial charge in [0, 0.05) is 27.6 Å².